The van der Waals surface area contributed by atoms with Crippen LogP contribution in [-0.4, -0.2) is 15.7 Å². The highest BCUT2D eigenvalue weighted by atomic mass is 16.1. The lowest BCUT2D eigenvalue weighted by atomic mass is 10.2. The minimum absolute atomic E-state index is 0.121. The lowest BCUT2D eigenvalue weighted by Gasteiger charge is -2.02. The lowest BCUT2D eigenvalue weighted by molar-refractivity contribution is -0.111. The van der Waals surface area contributed by atoms with Gasteiger partial charge < -0.3 is 5.32 Å². The number of carbonyl (C=O) groups is 1. The van der Waals surface area contributed by atoms with Crippen molar-refractivity contribution in [2.24, 2.45) is 7.05 Å². The maximum atomic E-state index is 11.4. The fraction of sp³-hybridized carbons (Fsp3) is 0.167. The van der Waals surface area contributed by atoms with Crippen LogP contribution in [-0.2, 0) is 11.8 Å². The van der Waals surface area contributed by atoms with Gasteiger partial charge in [0, 0.05) is 18.1 Å². The van der Waals surface area contributed by atoms with Crippen LogP contribution >= 0.6 is 0 Å². The van der Waals surface area contributed by atoms with Crippen molar-refractivity contribution in [3.63, 3.8) is 0 Å². The van der Waals surface area contributed by atoms with Crippen molar-refractivity contribution in [1.82, 2.24) is 9.78 Å². The number of hydrogen-bond acceptors (Lipinski definition) is 2. The van der Waals surface area contributed by atoms with Crippen LogP contribution in [0.1, 0.15) is 6.92 Å². The molecule has 1 heterocycles. The minimum Gasteiger partial charge on any atom is -0.322 e. The third kappa shape index (κ3) is 1.95. The van der Waals surface area contributed by atoms with Crippen molar-refractivity contribution in [2.45, 2.75) is 6.92 Å². The van der Waals surface area contributed by atoms with Gasteiger partial charge in [-0.1, -0.05) is 6.08 Å². The predicted octanol–water partition coefficient (Wildman–Crippen LogP) is 2.09. The van der Waals surface area contributed by atoms with Gasteiger partial charge in [0.1, 0.15) is 0 Å². The molecule has 0 unspecified atom stereocenters. The summed E-state index contributed by atoms with van der Waals surface area (Å²) < 4.78 is 1.78. The molecule has 0 bridgehead atoms. The Hall–Kier alpha value is -2.10. The molecule has 1 amide bonds. The largest absolute Gasteiger partial charge is 0.322 e. The summed E-state index contributed by atoms with van der Waals surface area (Å²) in [4.78, 5) is 11.4. The van der Waals surface area contributed by atoms with E-state index in [1.165, 1.54) is 6.08 Å². The molecule has 0 radical (unpaired) electrons. The monoisotopic (exact) mass is 215 g/mol. The molecule has 4 nitrogen and oxygen atoms in total. The van der Waals surface area contributed by atoms with Crippen molar-refractivity contribution < 1.29 is 4.79 Å². The maximum Gasteiger partial charge on any atom is 0.248 e. The molecular formula is C12H13N3O. The molecule has 4 heteroatoms. The number of allylic oxidation sites excluding steroid dienone is 1. The van der Waals surface area contributed by atoms with Crippen molar-refractivity contribution in [1.29, 1.82) is 0 Å². The fourth-order valence-electron chi connectivity index (χ4n) is 1.56. The first-order chi connectivity index (χ1) is 7.70. The second-order valence-corrected chi connectivity index (χ2v) is 3.53. The summed E-state index contributed by atoms with van der Waals surface area (Å²) in [6, 6.07) is 5.71. The van der Waals surface area contributed by atoms with Crippen LogP contribution < -0.4 is 5.32 Å². The molecule has 0 aliphatic rings. The summed E-state index contributed by atoms with van der Waals surface area (Å²) in [6.07, 6.45) is 5.00. The van der Waals surface area contributed by atoms with Crippen LogP contribution in [0.4, 0.5) is 5.69 Å². The number of aromatic nitrogens is 2. The zero-order valence-electron chi connectivity index (χ0n) is 9.27. The molecule has 0 fully saturated rings. The predicted molar refractivity (Wildman–Crippen MR) is 64.2 cm³/mol. The Bertz CT molecular complexity index is 554. The van der Waals surface area contributed by atoms with Gasteiger partial charge in [0.2, 0.25) is 5.91 Å². The third-order valence-electron chi connectivity index (χ3n) is 2.33. The first-order valence-electron chi connectivity index (χ1n) is 5.06. The number of carbonyl (C=O) groups excluding carboxylic acids is 1. The Morgan fingerprint density at radius 3 is 3.06 bits per heavy atom. The average molecular weight is 215 g/mol. The number of fused-ring (bicyclic) bond motifs is 1. The van der Waals surface area contributed by atoms with Crippen LogP contribution in [0.15, 0.2) is 36.5 Å². The van der Waals surface area contributed by atoms with Crippen molar-refractivity contribution >= 4 is 22.5 Å². The highest BCUT2D eigenvalue weighted by molar-refractivity contribution is 6.00. The molecule has 0 spiro atoms. The maximum absolute atomic E-state index is 11.4. The van der Waals surface area contributed by atoms with Crippen molar-refractivity contribution in [3.8, 4) is 0 Å². The summed E-state index contributed by atoms with van der Waals surface area (Å²) in [5, 5.41) is 7.99. The molecule has 0 saturated carbocycles. The summed E-state index contributed by atoms with van der Waals surface area (Å²) >= 11 is 0. The molecular weight excluding hydrogens is 202 g/mol. The number of hydrogen-bond donors (Lipinski definition) is 1. The van der Waals surface area contributed by atoms with Gasteiger partial charge in [-0.2, -0.15) is 5.10 Å². The standard InChI is InChI=1S/C12H13N3O/c1-3-4-12(16)14-10-6-5-9-8-13-15(2)11(9)7-10/h3-8H,1-2H3,(H,14,16)/b4-3+. The Labute approximate surface area is 93.6 Å². The Morgan fingerprint density at radius 2 is 2.31 bits per heavy atom. The van der Waals surface area contributed by atoms with E-state index in [0.29, 0.717) is 0 Å². The van der Waals surface area contributed by atoms with Crippen LogP contribution in [0, 0.1) is 0 Å². The van der Waals surface area contributed by atoms with Crippen LogP contribution in [0.2, 0.25) is 0 Å². The Morgan fingerprint density at radius 1 is 1.50 bits per heavy atom. The quantitative estimate of drug-likeness (QED) is 0.780. The highest BCUT2D eigenvalue weighted by Crippen LogP contribution is 2.18. The van der Waals surface area contributed by atoms with E-state index >= 15 is 0 Å². The number of amides is 1. The van der Waals surface area contributed by atoms with Gasteiger partial charge in [-0.3, -0.25) is 9.48 Å². The molecule has 16 heavy (non-hydrogen) atoms. The normalized spacial score (nSPS) is 11.1. The third-order valence-corrected chi connectivity index (χ3v) is 2.33. The molecule has 0 atom stereocenters. The summed E-state index contributed by atoms with van der Waals surface area (Å²) in [5.74, 6) is -0.121. The zero-order chi connectivity index (χ0) is 11.5. The molecule has 0 aliphatic carbocycles. The number of aryl methyl sites for hydroxylation is 1. The van der Waals surface area contributed by atoms with Gasteiger partial charge in [0.05, 0.1) is 11.7 Å². The van der Waals surface area contributed by atoms with Gasteiger partial charge in [0.25, 0.3) is 0 Å². The highest BCUT2D eigenvalue weighted by Gasteiger charge is 2.02. The summed E-state index contributed by atoms with van der Waals surface area (Å²) in [5.41, 5.74) is 1.78. The van der Waals surface area contributed by atoms with E-state index in [1.807, 2.05) is 32.2 Å². The fourth-order valence-corrected chi connectivity index (χ4v) is 1.56. The second-order valence-electron chi connectivity index (χ2n) is 3.53. The van der Waals surface area contributed by atoms with E-state index < -0.39 is 0 Å². The van der Waals surface area contributed by atoms with Gasteiger partial charge in [-0.15, -0.1) is 0 Å². The Balaban J connectivity index is 2.32. The van der Waals surface area contributed by atoms with E-state index in [-0.39, 0.29) is 5.91 Å². The SMILES string of the molecule is C/C=C/C(=O)Nc1ccc2cnn(C)c2c1. The first-order valence-corrected chi connectivity index (χ1v) is 5.06. The second kappa shape index (κ2) is 4.18. The smallest absolute Gasteiger partial charge is 0.248 e. The van der Waals surface area contributed by atoms with E-state index in [4.69, 9.17) is 0 Å². The zero-order valence-corrected chi connectivity index (χ0v) is 9.27. The van der Waals surface area contributed by atoms with Crippen molar-refractivity contribution in [2.75, 3.05) is 5.32 Å². The van der Waals surface area contributed by atoms with Gasteiger partial charge in [-0.05, 0) is 31.2 Å². The van der Waals surface area contributed by atoms with E-state index in [9.17, 15) is 4.79 Å². The molecule has 82 valence electrons. The minimum atomic E-state index is -0.121. The molecule has 1 N–H and O–H groups in total. The van der Waals surface area contributed by atoms with Crippen LogP contribution in [0.25, 0.3) is 10.9 Å². The average Bonchev–Trinajstić information content (AvgIpc) is 2.61. The molecule has 1 aromatic carbocycles. The van der Waals surface area contributed by atoms with Gasteiger partial charge in [0.15, 0.2) is 0 Å². The number of nitrogens with zero attached hydrogens (tertiary/aromatic N) is 2. The number of benzene rings is 1. The number of anilines is 1. The summed E-state index contributed by atoms with van der Waals surface area (Å²) in [6.45, 7) is 1.81. The van der Waals surface area contributed by atoms with Crippen LogP contribution in [0.3, 0.4) is 0 Å². The Kier molecular flexibility index (Phi) is 2.72. The van der Waals surface area contributed by atoms with Crippen LogP contribution in [0.5, 0.6) is 0 Å². The topological polar surface area (TPSA) is 46.9 Å². The van der Waals surface area contributed by atoms with E-state index in [2.05, 4.69) is 10.4 Å². The number of nitrogens with one attached hydrogen (secondary N) is 1. The van der Waals surface area contributed by atoms with Crippen molar-refractivity contribution in [3.05, 3.63) is 36.5 Å². The molecule has 0 aliphatic heterocycles. The van der Waals surface area contributed by atoms with E-state index in [1.54, 1.807) is 17.0 Å². The lowest BCUT2D eigenvalue weighted by Crippen LogP contribution is -2.07. The molecule has 0 saturated heterocycles. The van der Waals surface area contributed by atoms with E-state index in [0.717, 1.165) is 16.6 Å². The molecule has 2 aromatic rings. The first kappa shape index (κ1) is 10.4. The van der Waals surface area contributed by atoms with Gasteiger partial charge >= 0.3 is 0 Å². The molecule has 1 aromatic heterocycles. The molecule has 2 rings (SSSR count). The number of rotatable bonds is 2. The van der Waals surface area contributed by atoms with Gasteiger partial charge in [-0.25, -0.2) is 0 Å². The summed E-state index contributed by atoms with van der Waals surface area (Å²) in [7, 11) is 1.87.